The molecule has 0 aromatic heterocycles. The predicted molar refractivity (Wildman–Crippen MR) is 123 cm³/mol. The molecule has 5 rings (SSSR count). The Morgan fingerprint density at radius 1 is 0.906 bits per heavy atom. The number of hydrogen-bond donors (Lipinski definition) is 0. The minimum atomic E-state index is -0.0227. The molecule has 5 nitrogen and oxygen atoms in total. The van der Waals surface area contributed by atoms with Gasteiger partial charge in [0.05, 0.1) is 6.04 Å². The number of Topliss-reactive ketones (excluding diaryl/α,β-unsaturated/α-hetero) is 1. The number of benzene rings is 2. The lowest BCUT2D eigenvalue weighted by Crippen LogP contribution is -2.52. The minimum absolute atomic E-state index is 0.0227. The zero-order chi connectivity index (χ0) is 22.2. The largest absolute Gasteiger partial charge is 0.332 e. The third kappa shape index (κ3) is 3.74. The number of ketones is 1. The Hall–Kier alpha value is -2.95. The van der Waals surface area contributed by atoms with Gasteiger partial charge in [0.2, 0.25) is 5.91 Å². The predicted octanol–water partition coefficient (Wildman–Crippen LogP) is 4.92. The summed E-state index contributed by atoms with van der Waals surface area (Å²) in [7, 11) is 0. The normalized spacial score (nSPS) is 23.9. The molecule has 2 fully saturated rings. The first kappa shape index (κ1) is 20.9. The molecule has 0 spiro atoms. The standard InChI is InChI=1S/C27H30N2O3/c1-18(30)14-17-25(31)28(20-15-16-20)26-21-10-5-6-12-23(21)29(24-13-7-11-22(24)26)27(32)19-8-3-2-4-9-19/h2-6,8-10,12,20,22,24,26H,7,11,13-17H2,1H3. The number of amides is 2. The summed E-state index contributed by atoms with van der Waals surface area (Å²) in [6.07, 6.45) is 5.62. The quantitative estimate of drug-likeness (QED) is 0.654. The van der Waals surface area contributed by atoms with Crippen LogP contribution in [0.1, 0.15) is 73.8 Å². The lowest BCUT2D eigenvalue weighted by molar-refractivity contribution is -0.137. The van der Waals surface area contributed by atoms with Crippen molar-refractivity contribution in [3.05, 3.63) is 65.7 Å². The van der Waals surface area contributed by atoms with Gasteiger partial charge in [-0.25, -0.2) is 0 Å². The average molecular weight is 431 g/mol. The summed E-state index contributed by atoms with van der Waals surface area (Å²) < 4.78 is 0. The van der Waals surface area contributed by atoms with Crippen molar-refractivity contribution in [1.82, 2.24) is 4.90 Å². The Labute approximate surface area is 189 Å². The topological polar surface area (TPSA) is 57.7 Å². The molecule has 0 bridgehead atoms. The van der Waals surface area contributed by atoms with E-state index >= 15 is 0 Å². The Bertz CT molecular complexity index is 1030. The van der Waals surface area contributed by atoms with E-state index in [1.165, 1.54) is 0 Å². The van der Waals surface area contributed by atoms with Gasteiger partial charge in [0.1, 0.15) is 5.78 Å². The maximum absolute atomic E-state index is 13.6. The summed E-state index contributed by atoms with van der Waals surface area (Å²) >= 11 is 0. The molecule has 0 radical (unpaired) electrons. The van der Waals surface area contributed by atoms with E-state index in [2.05, 4.69) is 11.0 Å². The molecule has 3 unspecified atom stereocenters. The van der Waals surface area contributed by atoms with Crippen LogP contribution in [0.5, 0.6) is 0 Å². The van der Waals surface area contributed by atoms with Crippen LogP contribution in [-0.2, 0) is 9.59 Å². The molecular formula is C27H30N2O3. The SMILES string of the molecule is CC(=O)CCC(=O)N(C1CC1)C1c2ccccc2N(C(=O)c2ccccc2)C2CCCC21. The molecule has 0 N–H and O–H groups in total. The number of carbonyl (C=O) groups excluding carboxylic acids is 3. The zero-order valence-electron chi connectivity index (χ0n) is 18.6. The Morgan fingerprint density at radius 3 is 2.34 bits per heavy atom. The summed E-state index contributed by atoms with van der Waals surface area (Å²) in [6, 6.07) is 17.9. The monoisotopic (exact) mass is 430 g/mol. The molecule has 1 heterocycles. The van der Waals surface area contributed by atoms with E-state index in [0.29, 0.717) is 12.0 Å². The Kier molecular flexibility index (Phi) is 5.58. The number of para-hydroxylation sites is 1. The third-order valence-corrected chi connectivity index (χ3v) is 7.24. The van der Waals surface area contributed by atoms with Gasteiger partial charge >= 0.3 is 0 Å². The van der Waals surface area contributed by atoms with Crippen molar-refractivity contribution in [2.75, 3.05) is 4.90 Å². The summed E-state index contributed by atoms with van der Waals surface area (Å²) in [5, 5.41) is 0. The highest BCUT2D eigenvalue weighted by Crippen LogP contribution is 2.52. The summed E-state index contributed by atoms with van der Waals surface area (Å²) in [6.45, 7) is 1.55. The van der Waals surface area contributed by atoms with Crippen LogP contribution in [-0.4, -0.2) is 34.6 Å². The van der Waals surface area contributed by atoms with Crippen molar-refractivity contribution in [3.63, 3.8) is 0 Å². The molecule has 0 saturated heterocycles. The fourth-order valence-corrected chi connectivity index (χ4v) is 5.71. The van der Waals surface area contributed by atoms with E-state index in [1.807, 2.05) is 53.4 Å². The van der Waals surface area contributed by atoms with E-state index in [9.17, 15) is 14.4 Å². The van der Waals surface area contributed by atoms with E-state index in [-0.39, 0.29) is 48.1 Å². The molecule has 2 saturated carbocycles. The maximum Gasteiger partial charge on any atom is 0.258 e. The second-order valence-electron chi connectivity index (χ2n) is 9.44. The Morgan fingerprint density at radius 2 is 1.62 bits per heavy atom. The van der Waals surface area contributed by atoms with Gasteiger partial charge in [-0.05, 0) is 56.4 Å². The van der Waals surface area contributed by atoms with Gasteiger partial charge in [-0.3, -0.25) is 9.59 Å². The van der Waals surface area contributed by atoms with E-state index in [0.717, 1.165) is 43.4 Å². The van der Waals surface area contributed by atoms with E-state index in [4.69, 9.17) is 0 Å². The smallest absolute Gasteiger partial charge is 0.258 e. The molecule has 5 heteroatoms. The van der Waals surface area contributed by atoms with Crippen LogP contribution >= 0.6 is 0 Å². The van der Waals surface area contributed by atoms with Crippen molar-refractivity contribution in [2.45, 2.75) is 70.0 Å². The molecule has 3 atom stereocenters. The molecule has 166 valence electrons. The molecule has 3 aliphatic rings. The third-order valence-electron chi connectivity index (χ3n) is 7.24. The van der Waals surface area contributed by atoms with Gasteiger partial charge in [-0.1, -0.05) is 42.8 Å². The van der Waals surface area contributed by atoms with Crippen molar-refractivity contribution >= 4 is 23.3 Å². The van der Waals surface area contributed by atoms with Crippen molar-refractivity contribution in [3.8, 4) is 0 Å². The number of hydrogen-bond acceptors (Lipinski definition) is 3. The maximum atomic E-state index is 13.6. The minimum Gasteiger partial charge on any atom is -0.332 e. The summed E-state index contributed by atoms with van der Waals surface area (Å²) in [4.78, 5) is 42.7. The van der Waals surface area contributed by atoms with Gasteiger partial charge in [-0.2, -0.15) is 0 Å². The molecule has 1 aliphatic heterocycles. The van der Waals surface area contributed by atoms with Crippen LogP contribution in [0, 0.1) is 5.92 Å². The molecule has 32 heavy (non-hydrogen) atoms. The first-order valence-corrected chi connectivity index (χ1v) is 11.8. The van der Waals surface area contributed by atoms with Gasteiger partial charge in [0.15, 0.2) is 0 Å². The van der Waals surface area contributed by atoms with E-state index < -0.39 is 0 Å². The number of fused-ring (bicyclic) bond motifs is 2. The van der Waals surface area contributed by atoms with Crippen molar-refractivity contribution < 1.29 is 14.4 Å². The van der Waals surface area contributed by atoms with Crippen LogP contribution in [0.3, 0.4) is 0 Å². The van der Waals surface area contributed by atoms with Gasteiger partial charge < -0.3 is 14.6 Å². The lowest BCUT2D eigenvalue weighted by Gasteiger charge is -2.48. The highest BCUT2D eigenvalue weighted by atomic mass is 16.2. The number of carbonyl (C=O) groups is 3. The van der Waals surface area contributed by atoms with Crippen LogP contribution in [0.2, 0.25) is 0 Å². The average Bonchev–Trinajstić information content (AvgIpc) is 3.53. The molecular weight excluding hydrogens is 400 g/mol. The highest BCUT2D eigenvalue weighted by Gasteiger charge is 2.51. The molecule has 2 amide bonds. The van der Waals surface area contributed by atoms with Crippen LogP contribution < -0.4 is 4.90 Å². The molecule has 2 aromatic carbocycles. The fourth-order valence-electron chi connectivity index (χ4n) is 5.71. The highest BCUT2D eigenvalue weighted by molar-refractivity contribution is 6.07. The van der Waals surface area contributed by atoms with Crippen LogP contribution in [0.15, 0.2) is 54.6 Å². The number of rotatable bonds is 6. The lowest BCUT2D eigenvalue weighted by atomic mass is 9.81. The van der Waals surface area contributed by atoms with Crippen molar-refractivity contribution in [2.24, 2.45) is 5.92 Å². The van der Waals surface area contributed by atoms with Crippen LogP contribution in [0.4, 0.5) is 5.69 Å². The molecule has 2 aliphatic carbocycles. The Balaban J connectivity index is 1.56. The van der Waals surface area contributed by atoms with Gasteiger partial charge in [-0.15, -0.1) is 0 Å². The second kappa shape index (κ2) is 8.53. The summed E-state index contributed by atoms with van der Waals surface area (Å²) in [5.74, 6) is 0.390. The fraction of sp³-hybridized carbons (Fsp3) is 0.444. The second-order valence-corrected chi connectivity index (χ2v) is 9.44. The first-order valence-electron chi connectivity index (χ1n) is 11.8. The molecule has 2 aromatic rings. The number of nitrogens with zero attached hydrogens (tertiary/aromatic N) is 2. The van der Waals surface area contributed by atoms with Gasteiger partial charge in [0.25, 0.3) is 5.91 Å². The number of anilines is 1. The summed E-state index contributed by atoms with van der Waals surface area (Å²) in [5.41, 5.74) is 2.70. The zero-order valence-corrected chi connectivity index (χ0v) is 18.6. The van der Waals surface area contributed by atoms with Crippen molar-refractivity contribution in [1.29, 1.82) is 0 Å². The first-order chi connectivity index (χ1) is 15.6. The van der Waals surface area contributed by atoms with E-state index in [1.54, 1.807) is 6.92 Å². The van der Waals surface area contributed by atoms with Gasteiger partial charge in [0, 0.05) is 42.1 Å². The van der Waals surface area contributed by atoms with Crippen LogP contribution in [0.25, 0.3) is 0 Å².